The lowest BCUT2D eigenvalue weighted by molar-refractivity contribution is -0.120. The highest BCUT2D eigenvalue weighted by Crippen LogP contribution is 2.25. The minimum Gasteiger partial charge on any atom is -0.348 e. The summed E-state index contributed by atoms with van der Waals surface area (Å²) in [6, 6.07) is 23.8. The number of benzene rings is 3. The molecule has 0 aliphatic rings. The quantitative estimate of drug-likeness (QED) is 0.544. The van der Waals surface area contributed by atoms with Crippen molar-refractivity contribution in [1.29, 1.82) is 0 Å². The van der Waals surface area contributed by atoms with Crippen LogP contribution in [0.15, 0.2) is 89.8 Å². The minimum absolute atomic E-state index is 0.114. The van der Waals surface area contributed by atoms with Crippen LogP contribution in [0.3, 0.4) is 0 Å². The first kappa shape index (κ1) is 21.9. The van der Waals surface area contributed by atoms with Crippen molar-refractivity contribution in [2.45, 2.75) is 24.3 Å². The molecule has 0 aromatic heterocycles. The van der Waals surface area contributed by atoms with Gasteiger partial charge in [0.15, 0.2) is 0 Å². The van der Waals surface area contributed by atoms with E-state index in [-0.39, 0.29) is 23.4 Å². The summed E-state index contributed by atoms with van der Waals surface area (Å²) in [5.74, 6) is -0.389. The Morgan fingerprint density at radius 3 is 2.07 bits per heavy atom. The first-order chi connectivity index (χ1) is 14.4. The van der Waals surface area contributed by atoms with Crippen LogP contribution in [0, 0.1) is 0 Å². The molecule has 0 heterocycles. The molecule has 0 fully saturated rings. The normalized spacial score (nSPS) is 12.2. The fourth-order valence-corrected chi connectivity index (χ4v) is 4.69. The number of nitrogens with one attached hydrogen (secondary N) is 1. The highest BCUT2D eigenvalue weighted by Gasteiger charge is 2.27. The highest BCUT2D eigenvalue weighted by atomic mass is 35.5. The Bertz CT molecular complexity index is 1070. The third-order valence-corrected chi connectivity index (χ3v) is 6.72. The number of rotatable bonds is 8. The number of amides is 1. The predicted octanol–water partition coefficient (Wildman–Crippen LogP) is 4.80. The molecule has 3 aromatic rings. The molecule has 156 valence electrons. The minimum atomic E-state index is -3.94. The van der Waals surface area contributed by atoms with E-state index in [1.54, 1.807) is 42.5 Å². The Morgan fingerprint density at radius 1 is 0.933 bits per heavy atom. The standard InChI is InChI=1S/C23H23ClN2O3S/c1-2-22(18-9-5-3-6-10-18)25-23(27)17-26(20-15-13-19(24)14-16-20)30(28,29)21-11-7-4-8-12-21/h3-16,22H,2,17H2,1H3,(H,25,27)/t22-/m1/s1. The smallest absolute Gasteiger partial charge is 0.264 e. The molecule has 0 spiro atoms. The van der Waals surface area contributed by atoms with Crippen molar-refractivity contribution < 1.29 is 13.2 Å². The molecule has 1 amide bonds. The number of anilines is 1. The van der Waals surface area contributed by atoms with Gasteiger partial charge in [-0.15, -0.1) is 0 Å². The van der Waals surface area contributed by atoms with Crippen molar-refractivity contribution >= 4 is 33.2 Å². The molecule has 1 N–H and O–H groups in total. The zero-order chi connectivity index (χ0) is 21.6. The maximum atomic E-state index is 13.3. The van der Waals surface area contributed by atoms with Gasteiger partial charge in [-0.05, 0) is 48.4 Å². The molecule has 0 aliphatic heterocycles. The second-order valence-electron chi connectivity index (χ2n) is 6.74. The van der Waals surface area contributed by atoms with Crippen LogP contribution in [0.5, 0.6) is 0 Å². The molecule has 1 atom stereocenters. The van der Waals surface area contributed by atoms with Crippen molar-refractivity contribution in [1.82, 2.24) is 5.32 Å². The largest absolute Gasteiger partial charge is 0.348 e. The van der Waals surface area contributed by atoms with Crippen LogP contribution in [-0.2, 0) is 14.8 Å². The van der Waals surface area contributed by atoms with Gasteiger partial charge >= 0.3 is 0 Å². The Kier molecular flexibility index (Phi) is 7.13. The first-order valence-electron chi connectivity index (χ1n) is 9.59. The fraction of sp³-hybridized carbons (Fsp3) is 0.174. The van der Waals surface area contributed by atoms with Gasteiger partial charge in [-0.2, -0.15) is 0 Å². The molecule has 0 aliphatic carbocycles. The first-order valence-corrected chi connectivity index (χ1v) is 11.4. The summed E-state index contributed by atoms with van der Waals surface area (Å²) in [4.78, 5) is 13.0. The van der Waals surface area contributed by atoms with E-state index in [1.165, 1.54) is 12.1 Å². The lowest BCUT2D eigenvalue weighted by Crippen LogP contribution is -2.42. The molecule has 0 unspecified atom stereocenters. The number of halogens is 1. The topological polar surface area (TPSA) is 66.5 Å². The molecule has 5 nitrogen and oxygen atoms in total. The molecular formula is C23H23ClN2O3S. The molecule has 7 heteroatoms. The van der Waals surface area contributed by atoms with Crippen molar-refractivity contribution in [3.63, 3.8) is 0 Å². The van der Waals surface area contributed by atoms with Gasteiger partial charge in [-0.3, -0.25) is 9.10 Å². The van der Waals surface area contributed by atoms with Gasteiger partial charge in [0.25, 0.3) is 10.0 Å². The Labute approximate surface area is 182 Å². The van der Waals surface area contributed by atoms with E-state index in [0.29, 0.717) is 17.1 Å². The SMILES string of the molecule is CC[C@@H](NC(=O)CN(c1ccc(Cl)cc1)S(=O)(=O)c1ccccc1)c1ccccc1. The van der Waals surface area contributed by atoms with Crippen LogP contribution < -0.4 is 9.62 Å². The van der Waals surface area contributed by atoms with Crippen molar-refractivity contribution in [3.05, 3.63) is 95.5 Å². The number of nitrogens with zero attached hydrogens (tertiary/aromatic N) is 1. The Hall–Kier alpha value is -2.83. The van der Waals surface area contributed by atoms with Crippen LogP contribution in [-0.4, -0.2) is 20.9 Å². The third kappa shape index (κ3) is 5.20. The average Bonchev–Trinajstić information content (AvgIpc) is 2.77. The zero-order valence-electron chi connectivity index (χ0n) is 16.5. The number of carbonyl (C=O) groups excluding carboxylic acids is 1. The number of sulfonamides is 1. The van der Waals surface area contributed by atoms with E-state index >= 15 is 0 Å². The second-order valence-corrected chi connectivity index (χ2v) is 9.04. The van der Waals surface area contributed by atoms with Crippen LogP contribution in [0.2, 0.25) is 5.02 Å². The van der Waals surface area contributed by atoms with Gasteiger partial charge in [-0.25, -0.2) is 8.42 Å². The van der Waals surface area contributed by atoms with Gasteiger partial charge in [0.1, 0.15) is 6.54 Å². The lowest BCUT2D eigenvalue weighted by atomic mass is 10.0. The van der Waals surface area contributed by atoms with E-state index in [2.05, 4.69) is 5.32 Å². The molecular weight excluding hydrogens is 420 g/mol. The van der Waals surface area contributed by atoms with Gasteiger partial charge in [0, 0.05) is 5.02 Å². The molecule has 0 saturated carbocycles. The fourth-order valence-electron chi connectivity index (χ4n) is 3.12. The maximum Gasteiger partial charge on any atom is 0.264 e. The summed E-state index contributed by atoms with van der Waals surface area (Å²) in [7, 11) is -3.94. The lowest BCUT2D eigenvalue weighted by Gasteiger charge is -2.25. The van der Waals surface area contributed by atoms with Gasteiger partial charge in [-0.1, -0.05) is 67.1 Å². The maximum absolute atomic E-state index is 13.3. The Balaban J connectivity index is 1.89. The van der Waals surface area contributed by atoms with Crippen molar-refractivity contribution in [2.24, 2.45) is 0 Å². The van der Waals surface area contributed by atoms with Crippen molar-refractivity contribution in [3.8, 4) is 0 Å². The number of hydrogen-bond donors (Lipinski definition) is 1. The van der Waals surface area contributed by atoms with Crippen LogP contribution in [0.1, 0.15) is 24.9 Å². The van der Waals surface area contributed by atoms with Crippen LogP contribution in [0.4, 0.5) is 5.69 Å². The monoisotopic (exact) mass is 442 g/mol. The Morgan fingerprint density at radius 2 is 1.50 bits per heavy atom. The van der Waals surface area contributed by atoms with Crippen LogP contribution in [0.25, 0.3) is 0 Å². The molecule has 0 radical (unpaired) electrons. The van der Waals surface area contributed by atoms with E-state index in [0.717, 1.165) is 9.87 Å². The summed E-state index contributed by atoms with van der Waals surface area (Å²) >= 11 is 5.96. The molecule has 3 rings (SSSR count). The predicted molar refractivity (Wildman–Crippen MR) is 120 cm³/mol. The summed E-state index contributed by atoms with van der Waals surface area (Å²) in [5.41, 5.74) is 1.34. The van der Waals surface area contributed by atoms with E-state index in [9.17, 15) is 13.2 Å². The summed E-state index contributed by atoms with van der Waals surface area (Å²) < 4.78 is 27.7. The number of hydrogen-bond acceptors (Lipinski definition) is 3. The highest BCUT2D eigenvalue weighted by molar-refractivity contribution is 7.92. The molecule has 0 bridgehead atoms. The van der Waals surface area contributed by atoms with E-state index < -0.39 is 10.0 Å². The molecule has 0 saturated heterocycles. The molecule has 3 aromatic carbocycles. The van der Waals surface area contributed by atoms with Gasteiger partial charge in [0.05, 0.1) is 16.6 Å². The van der Waals surface area contributed by atoms with E-state index in [1.807, 2.05) is 37.3 Å². The van der Waals surface area contributed by atoms with Gasteiger partial charge < -0.3 is 5.32 Å². The van der Waals surface area contributed by atoms with E-state index in [4.69, 9.17) is 11.6 Å². The van der Waals surface area contributed by atoms with Crippen LogP contribution >= 0.6 is 11.6 Å². The molecule has 30 heavy (non-hydrogen) atoms. The summed E-state index contributed by atoms with van der Waals surface area (Å²) in [6.45, 7) is 1.62. The van der Waals surface area contributed by atoms with Crippen molar-refractivity contribution in [2.75, 3.05) is 10.8 Å². The van der Waals surface area contributed by atoms with Gasteiger partial charge in [0.2, 0.25) is 5.91 Å². The second kappa shape index (κ2) is 9.78. The summed E-state index contributed by atoms with van der Waals surface area (Å²) in [6.07, 6.45) is 0.683. The zero-order valence-corrected chi connectivity index (χ0v) is 18.1. The summed E-state index contributed by atoms with van der Waals surface area (Å²) in [5, 5.41) is 3.43. The third-order valence-electron chi connectivity index (χ3n) is 4.68. The average molecular weight is 443 g/mol. The number of carbonyl (C=O) groups is 1.